The molecule has 0 saturated carbocycles. The van der Waals surface area contributed by atoms with Gasteiger partial charge in [-0.05, 0) is 34.7 Å². The molecule has 0 aliphatic heterocycles. The molecule has 0 unspecified atom stereocenters. The molecular weight excluding hydrogens is 315 g/mol. The normalized spacial score (nSPS) is 10.5. The van der Waals surface area contributed by atoms with E-state index in [4.69, 9.17) is 9.68 Å². The van der Waals surface area contributed by atoms with E-state index in [1.54, 1.807) is 6.07 Å². The number of fused-ring (bicyclic) bond motifs is 1. The second kappa shape index (κ2) is 5.69. The van der Waals surface area contributed by atoms with Crippen molar-refractivity contribution in [1.29, 1.82) is 0 Å². The van der Waals surface area contributed by atoms with Gasteiger partial charge < -0.3 is 9.68 Å². The van der Waals surface area contributed by atoms with Gasteiger partial charge >= 0.3 is 7.69 Å². The molecule has 0 fully saturated rings. The van der Waals surface area contributed by atoms with Crippen molar-refractivity contribution in [1.82, 2.24) is 0 Å². The molecule has 20 heavy (non-hydrogen) atoms. The molecule has 1 N–H and O–H groups in total. The van der Waals surface area contributed by atoms with Gasteiger partial charge in [-0.25, -0.2) is 0 Å². The Bertz CT molecular complexity index is 753. The molecule has 0 bridgehead atoms. The van der Waals surface area contributed by atoms with Crippen molar-refractivity contribution in [2.75, 3.05) is 0 Å². The van der Waals surface area contributed by atoms with Crippen LogP contribution in [0.15, 0.2) is 65.1 Å². The van der Waals surface area contributed by atoms with E-state index in [0.717, 1.165) is 15.6 Å². The largest absolute Gasteiger partial charge is 0.569 e. The van der Waals surface area contributed by atoms with Crippen LogP contribution in [0.25, 0.3) is 21.9 Å². The van der Waals surface area contributed by atoms with Gasteiger partial charge in [0.15, 0.2) is 0 Å². The van der Waals surface area contributed by atoms with Gasteiger partial charge in [0.1, 0.15) is 5.75 Å². The van der Waals surface area contributed by atoms with Crippen LogP contribution in [-0.2, 0) is 0 Å². The Kier molecular flexibility index (Phi) is 3.76. The number of benzene rings is 3. The molecule has 0 aromatic heterocycles. The second-order valence-electron chi connectivity index (χ2n) is 4.39. The molecule has 0 saturated heterocycles. The lowest BCUT2D eigenvalue weighted by molar-refractivity contribution is 0.454. The van der Waals surface area contributed by atoms with Crippen LogP contribution in [0.3, 0.4) is 0 Å². The summed E-state index contributed by atoms with van der Waals surface area (Å²) in [5.74, 6) is 0.606. The fourth-order valence-corrected chi connectivity index (χ4v) is 2.93. The lowest BCUT2D eigenvalue weighted by Gasteiger charge is -2.10. The van der Waals surface area contributed by atoms with Gasteiger partial charge in [0, 0.05) is 9.86 Å². The first-order valence-electron chi connectivity index (χ1n) is 6.20. The third-order valence-corrected chi connectivity index (χ3v) is 3.85. The maximum atomic E-state index is 8.74. The third kappa shape index (κ3) is 2.44. The van der Waals surface area contributed by atoms with Crippen LogP contribution in [0, 0.1) is 0 Å². The fraction of sp³-hybridized carbons (Fsp3) is 0. The minimum atomic E-state index is 0.606. The Morgan fingerprint density at radius 3 is 2.50 bits per heavy atom. The molecule has 97 valence electrons. The number of hydrogen-bond donors (Lipinski definition) is 1. The summed E-state index contributed by atoms with van der Waals surface area (Å²) in [5.41, 5.74) is 2.17. The molecule has 2 nitrogen and oxygen atoms in total. The van der Waals surface area contributed by atoms with E-state index in [1.165, 1.54) is 10.8 Å². The molecule has 0 heterocycles. The maximum absolute atomic E-state index is 8.74. The topological polar surface area (TPSA) is 29.5 Å². The van der Waals surface area contributed by atoms with Gasteiger partial charge in [0.25, 0.3) is 0 Å². The zero-order valence-corrected chi connectivity index (χ0v) is 12.2. The lowest BCUT2D eigenvalue weighted by atomic mass is 9.98. The zero-order valence-electron chi connectivity index (χ0n) is 10.6. The molecule has 4 heteroatoms. The molecule has 0 atom stereocenters. The predicted molar refractivity (Wildman–Crippen MR) is 85.7 cm³/mol. The Hall–Kier alpha value is -1.78. The second-order valence-corrected chi connectivity index (χ2v) is 5.25. The molecule has 3 rings (SSSR count). The van der Waals surface area contributed by atoms with Crippen LogP contribution >= 0.6 is 15.9 Å². The molecule has 0 amide bonds. The average Bonchev–Trinajstić information content (AvgIpc) is 2.48. The third-order valence-electron chi connectivity index (χ3n) is 3.19. The summed E-state index contributed by atoms with van der Waals surface area (Å²) >= 11 is 3.62. The summed E-state index contributed by atoms with van der Waals surface area (Å²) in [7, 11) is 0.693. The van der Waals surface area contributed by atoms with Gasteiger partial charge in [-0.3, -0.25) is 0 Å². The van der Waals surface area contributed by atoms with Crippen LogP contribution in [0.1, 0.15) is 0 Å². The van der Waals surface area contributed by atoms with Crippen LogP contribution in [0.5, 0.6) is 5.75 Å². The Morgan fingerprint density at radius 1 is 0.950 bits per heavy atom. The highest BCUT2D eigenvalue weighted by Gasteiger charge is 2.07. The molecule has 0 spiro atoms. The Balaban J connectivity index is 2.22. The fourth-order valence-electron chi connectivity index (χ4n) is 2.33. The van der Waals surface area contributed by atoms with Crippen molar-refractivity contribution >= 4 is 34.4 Å². The van der Waals surface area contributed by atoms with Crippen LogP contribution in [0.4, 0.5) is 0 Å². The van der Waals surface area contributed by atoms with E-state index >= 15 is 0 Å². The van der Waals surface area contributed by atoms with E-state index in [9.17, 15) is 0 Å². The lowest BCUT2D eigenvalue weighted by Crippen LogP contribution is -1.99. The summed E-state index contributed by atoms with van der Waals surface area (Å²) in [6.07, 6.45) is 0. The first kappa shape index (κ1) is 13.2. The van der Waals surface area contributed by atoms with Gasteiger partial charge in [0.05, 0.1) is 0 Å². The monoisotopic (exact) mass is 325 g/mol. The van der Waals surface area contributed by atoms with Crippen molar-refractivity contribution in [2.45, 2.75) is 0 Å². The molecule has 3 aromatic rings. The summed E-state index contributed by atoms with van der Waals surface area (Å²) in [6, 6.07) is 20.0. The number of rotatable bonds is 3. The van der Waals surface area contributed by atoms with Gasteiger partial charge in [0.2, 0.25) is 0 Å². The zero-order chi connectivity index (χ0) is 13.9. The van der Waals surface area contributed by atoms with E-state index in [1.807, 2.05) is 36.4 Å². The smallest absolute Gasteiger partial charge is 0.537 e. The molecule has 3 aromatic carbocycles. The van der Waals surface area contributed by atoms with Gasteiger partial charge in [-0.15, -0.1) is 0 Å². The maximum Gasteiger partial charge on any atom is 0.569 e. The van der Waals surface area contributed by atoms with Crippen molar-refractivity contribution in [3.8, 4) is 16.9 Å². The van der Waals surface area contributed by atoms with Crippen LogP contribution in [-0.4, -0.2) is 12.7 Å². The minimum Gasteiger partial charge on any atom is -0.537 e. The molecule has 1 radical (unpaired) electrons. The van der Waals surface area contributed by atoms with Gasteiger partial charge in [-0.2, -0.15) is 0 Å². The van der Waals surface area contributed by atoms with E-state index in [2.05, 4.69) is 34.1 Å². The quantitative estimate of drug-likeness (QED) is 0.732. The molecular formula is C16H11BBrO2. The van der Waals surface area contributed by atoms with E-state index < -0.39 is 0 Å². The van der Waals surface area contributed by atoms with E-state index in [0.29, 0.717) is 13.4 Å². The highest BCUT2D eigenvalue weighted by atomic mass is 79.9. The Labute approximate surface area is 126 Å². The average molecular weight is 326 g/mol. The molecule has 0 aliphatic rings. The predicted octanol–water partition coefficient (Wildman–Crippen LogP) is 4.17. The first-order chi connectivity index (χ1) is 9.79. The standard InChI is InChI=1S/C16H11BBrO2/c18-15-9-3-5-11-4-2-8-14(16(11)15)12-6-1-7-13(10-12)20-17-19/h1-10,19H. The van der Waals surface area contributed by atoms with Crippen LogP contribution in [0.2, 0.25) is 0 Å². The van der Waals surface area contributed by atoms with E-state index in [-0.39, 0.29) is 0 Å². The molecule has 0 aliphatic carbocycles. The van der Waals surface area contributed by atoms with Crippen molar-refractivity contribution < 1.29 is 9.68 Å². The minimum absolute atomic E-state index is 0.606. The van der Waals surface area contributed by atoms with Crippen molar-refractivity contribution in [3.63, 3.8) is 0 Å². The summed E-state index contributed by atoms with van der Waals surface area (Å²) in [4.78, 5) is 0. The SMILES string of the molecule is O[B]Oc1cccc(-c2cccc3cccc(Br)c23)c1. The Morgan fingerprint density at radius 2 is 1.70 bits per heavy atom. The number of halogens is 1. The van der Waals surface area contributed by atoms with Gasteiger partial charge in [-0.1, -0.05) is 58.4 Å². The highest BCUT2D eigenvalue weighted by Crippen LogP contribution is 2.34. The van der Waals surface area contributed by atoms with Crippen molar-refractivity contribution in [3.05, 3.63) is 65.1 Å². The van der Waals surface area contributed by atoms with Crippen molar-refractivity contribution in [2.24, 2.45) is 0 Å². The highest BCUT2D eigenvalue weighted by molar-refractivity contribution is 9.10. The number of hydrogen-bond acceptors (Lipinski definition) is 2. The summed E-state index contributed by atoms with van der Waals surface area (Å²) in [5, 5.41) is 11.1. The summed E-state index contributed by atoms with van der Waals surface area (Å²) < 4.78 is 6.09. The van der Waals surface area contributed by atoms with Crippen LogP contribution < -0.4 is 4.65 Å². The summed E-state index contributed by atoms with van der Waals surface area (Å²) in [6.45, 7) is 0. The first-order valence-corrected chi connectivity index (χ1v) is 6.99.